The lowest BCUT2D eigenvalue weighted by molar-refractivity contribution is 0.114. The summed E-state index contributed by atoms with van der Waals surface area (Å²) in [7, 11) is 1.82. The molecular weight excluding hydrogens is 403 g/mol. The zero-order chi connectivity index (χ0) is 16.2. The molecule has 1 aliphatic heterocycles. The van der Waals surface area contributed by atoms with Gasteiger partial charge in [-0.1, -0.05) is 20.3 Å². The first kappa shape index (κ1) is 22.9. The van der Waals surface area contributed by atoms with Crippen molar-refractivity contribution in [3.05, 3.63) is 0 Å². The van der Waals surface area contributed by atoms with Gasteiger partial charge in [-0.25, -0.2) is 0 Å². The molecule has 0 amide bonds. The Morgan fingerprint density at radius 1 is 1.26 bits per heavy atom. The standard InChI is InChI=1S/C17H36N4O.HI/c1-15(2)14-22-13-10-20-17(18-4)19-9-7-12-21-11-6-5-8-16(21)3;/h15-16H,5-14H2,1-4H3,(H2,18,19,20);1H. The van der Waals surface area contributed by atoms with Gasteiger partial charge in [-0.05, 0) is 38.6 Å². The van der Waals surface area contributed by atoms with Crippen LogP contribution in [0, 0.1) is 5.92 Å². The molecule has 0 aromatic rings. The average molecular weight is 440 g/mol. The fraction of sp³-hybridized carbons (Fsp3) is 0.941. The molecule has 23 heavy (non-hydrogen) atoms. The Balaban J connectivity index is 0.00000484. The van der Waals surface area contributed by atoms with Crippen molar-refractivity contribution in [2.24, 2.45) is 10.9 Å². The Morgan fingerprint density at radius 3 is 2.65 bits per heavy atom. The van der Waals surface area contributed by atoms with E-state index < -0.39 is 0 Å². The molecule has 5 nitrogen and oxygen atoms in total. The van der Waals surface area contributed by atoms with Crippen LogP contribution in [0.1, 0.15) is 46.5 Å². The van der Waals surface area contributed by atoms with Crippen LogP contribution in [-0.2, 0) is 4.74 Å². The fourth-order valence-electron chi connectivity index (χ4n) is 2.76. The topological polar surface area (TPSA) is 48.9 Å². The van der Waals surface area contributed by atoms with Gasteiger partial charge in [-0.2, -0.15) is 0 Å². The molecule has 0 bridgehead atoms. The number of guanidine groups is 1. The maximum absolute atomic E-state index is 5.55. The summed E-state index contributed by atoms with van der Waals surface area (Å²) in [5, 5.41) is 6.67. The van der Waals surface area contributed by atoms with Crippen LogP contribution in [0.5, 0.6) is 0 Å². The van der Waals surface area contributed by atoms with Crippen molar-refractivity contribution in [2.45, 2.75) is 52.5 Å². The molecule has 1 heterocycles. The van der Waals surface area contributed by atoms with Crippen molar-refractivity contribution in [1.82, 2.24) is 15.5 Å². The van der Waals surface area contributed by atoms with E-state index in [9.17, 15) is 0 Å². The van der Waals surface area contributed by atoms with Gasteiger partial charge in [0.05, 0.1) is 6.61 Å². The molecule has 1 unspecified atom stereocenters. The Morgan fingerprint density at radius 2 is 2.00 bits per heavy atom. The largest absolute Gasteiger partial charge is 0.379 e. The smallest absolute Gasteiger partial charge is 0.191 e. The Labute approximate surface area is 160 Å². The summed E-state index contributed by atoms with van der Waals surface area (Å²) in [5.41, 5.74) is 0. The molecule has 0 aliphatic carbocycles. The molecule has 1 rings (SSSR count). The summed E-state index contributed by atoms with van der Waals surface area (Å²) < 4.78 is 5.55. The SMILES string of the molecule is CN=C(NCCCN1CCCCC1C)NCCOCC(C)C.I. The van der Waals surface area contributed by atoms with Crippen LogP contribution in [0.4, 0.5) is 0 Å². The summed E-state index contributed by atoms with van der Waals surface area (Å²) in [6, 6.07) is 0.754. The highest BCUT2D eigenvalue weighted by Crippen LogP contribution is 2.15. The van der Waals surface area contributed by atoms with Crippen molar-refractivity contribution >= 4 is 29.9 Å². The maximum Gasteiger partial charge on any atom is 0.191 e. The highest BCUT2D eigenvalue weighted by molar-refractivity contribution is 14.0. The van der Waals surface area contributed by atoms with E-state index >= 15 is 0 Å². The number of hydrogen-bond donors (Lipinski definition) is 2. The normalized spacial score (nSPS) is 19.5. The molecule has 1 aliphatic rings. The first-order valence-electron chi connectivity index (χ1n) is 8.89. The Kier molecular flexibility index (Phi) is 14.2. The lowest BCUT2D eigenvalue weighted by Gasteiger charge is -2.33. The average Bonchev–Trinajstić information content (AvgIpc) is 2.50. The van der Waals surface area contributed by atoms with Crippen LogP contribution in [-0.4, -0.2) is 63.3 Å². The van der Waals surface area contributed by atoms with Crippen molar-refractivity contribution in [2.75, 3.05) is 46.4 Å². The molecule has 0 spiro atoms. The van der Waals surface area contributed by atoms with Crippen molar-refractivity contribution in [3.8, 4) is 0 Å². The first-order valence-corrected chi connectivity index (χ1v) is 8.89. The minimum atomic E-state index is 0. The number of ether oxygens (including phenoxy) is 1. The molecule has 6 heteroatoms. The van der Waals surface area contributed by atoms with Gasteiger partial charge >= 0.3 is 0 Å². The van der Waals surface area contributed by atoms with Crippen LogP contribution < -0.4 is 10.6 Å². The zero-order valence-electron chi connectivity index (χ0n) is 15.4. The van der Waals surface area contributed by atoms with Crippen LogP contribution in [0.2, 0.25) is 0 Å². The number of aliphatic imine (C=N–C) groups is 1. The second-order valence-electron chi connectivity index (χ2n) is 6.63. The van der Waals surface area contributed by atoms with E-state index in [2.05, 4.69) is 41.3 Å². The number of nitrogens with zero attached hydrogens (tertiary/aromatic N) is 2. The summed E-state index contributed by atoms with van der Waals surface area (Å²) >= 11 is 0. The van der Waals surface area contributed by atoms with Gasteiger partial charge in [0.2, 0.25) is 0 Å². The van der Waals surface area contributed by atoms with Gasteiger partial charge in [0, 0.05) is 39.3 Å². The molecule has 0 aromatic heterocycles. The van der Waals surface area contributed by atoms with Gasteiger partial charge in [0.25, 0.3) is 0 Å². The van der Waals surface area contributed by atoms with Crippen molar-refractivity contribution < 1.29 is 4.74 Å². The van der Waals surface area contributed by atoms with Crippen molar-refractivity contribution in [3.63, 3.8) is 0 Å². The molecule has 2 N–H and O–H groups in total. The van der Waals surface area contributed by atoms with E-state index in [1.54, 1.807) is 0 Å². The van der Waals surface area contributed by atoms with Gasteiger partial charge in [-0.3, -0.25) is 4.99 Å². The van der Waals surface area contributed by atoms with Crippen LogP contribution in [0.3, 0.4) is 0 Å². The van der Waals surface area contributed by atoms with E-state index in [1.165, 1.54) is 32.4 Å². The third-order valence-corrected chi connectivity index (χ3v) is 4.07. The number of rotatable bonds is 9. The minimum absolute atomic E-state index is 0. The molecule has 1 fully saturated rings. The molecule has 0 radical (unpaired) electrons. The zero-order valence-corrected chi connectivity index (χ0v) is 17.8. The van der Waals surface area contributed by atoms with Crippen LogP contribution >= 0.6 is 24.0 Å². The summed E-state index contributed by atoms with van der Waals surface area (Å²) in [6.07, 6.45) is 5.27. The van der Waals surface area contributed by atoms with Gasteiger partial charge in [-0.15, -0.1) is 24.0 Å². The summed E-state index contributed by atoms with van der Waals surface area (Å²) in [5.74, 6) is 1.47. The highest BCUT2D eigenvalue weighted by Gasteiger charge is 2.16. The Hall–Kier alpha value is -0.0800. The monoisotopic (exact) mass is 440 g/mol. The van der Waals surface area contributed by atoms with E-state index in [0.29, 0.717) is 5.92 Å². The lowest BCUT2D eigenvalue weighted by atomic mass is 10.0. The summed E-state index contributed by atoms with van der Waals surface area (Å²) in [4.78, 5) is 6.86. The third kappa shape index (κ3) is 11.2. The minimum Gasteiger partial charge on any atom is -0.379 e. The second kappa shape index (κ2) is 14.3. The predicted octanol–water partition coefficient (Wildman–Crippen LogP) is 2.71. The third-order valence-electron chi connectivity index (χ3n) is 4.07. The predicted molar refractivity (Wildman–Crippen MR) is 110 cm³/mol. The first-order chi connectivity index (χ1) is 10.6. The molecule has 0 saturated carbocycles. The van der Waals surface area contributed by atoms with Gasteiger partial charge in [0.1, 0.15) is 0 Å². The van der Waals surface area contributed by atoms with Gasteiger partial charge < -0.3 is 20.3 Å². The maximum atomic E-state index is 5.55. The summed E-state index contributed by atoms with van der Waals surface area (Å²) in [6.45, 7) is 12.4. The Bertz CT molecular complexity index is 313. The van der Waals surface area contributed by atoms with E-state index in [0.717, 1.165) is 44.7 Å². The van der Waals surface area contributed by atoms with E-state index in [4.69, 9.17) is 4.74 Å². The van der Waals surface area contributed by atoms with Gasteiger partial charge in [0.15, 0.2) is 5.96 Å². The molecular formula is C17H37IN4O. The van der Waals surface area contributed by atoms with E-state index in [-0.39, 0.29) is 24.0 Å². The molecule has 1 saturated heterocycles. The highest BCUT2D eigenvalue weighted by atomic mass is 127. The number of likely N-dealkylation sites (tertiary alicyclic amines) is 1. The number of hydrogen-bond acceptors (Lipinski definition) is 3. The quantitative estimate of drug-likeness (QED) is 0.251. The number of halogens is 1. The van der Waals surface area contributed by atoms with E-state index in [1.807, 2.05) is 7.05 Å². The van der Waals surface area contributed by atoms with Crippen LogP contribution in [0.25, 0.3) is 0 Å². The number of piperidine rings is 1. The molecule has 1 atom stereocenters. The van der Waals surface area contributed by atoms with Crippen LogP contribution in [0.15, 0.2) is 4.99 Å². The molecule has 0 aromatic carbocycles. The second-order valence-corrected chi connectivity index (χ2v) is 6.63. The molecule has 138 valence electrons. The van der Waals surface area contributed by atoms with Crippen molar-refractivity contribution in [1.29, 1.82) is 0 Å². The lowest BCUT2D eigenvalue weighted by Crippen LogP contribution is -2.42. The fourth-order valence-corrected chi connectivity index (χ4v) is 2.76. The number of nitrogens with one attached hydrogen (secondary N) is 2.